The fourth-order valence-electron chi connectivity index (χ4n) is 3.98. The number of fused-ring (bicyclic) bond motifs is 1. The minimum atomic E-state index is -0.722. The Morgan fingerprint density at radius 3 is 2.39 bits per heavy atom. The molecule has 0 bridgehead atoms. The average Bonchev–Trinajstić information content (AvgIpc) is 2.83. The van der Waals surface area contributed by atoms with Gasteiger partial charge < -0.3 is 19.8 Å². The molecule has 1 aliphatic rings. The van der Waals surface area contributed by atoms with E-state index in [0.717, 1.165) is 11.3 Å². The zero-order valence-electron chi connectivity index (χ0n) is 18.1. The molecule has 1 heterocycles. The van der Waals surface area contributed by atoms with Crippen molar-refractivity contribution in [1.29, 1.82) is 0 Å². The van der Waals surface area contributed by atoms with Crippen LogP contribution in [0.25, 0.3) is 0 Å². The molecule has 1 aliphatic carbocycles. The van der Waals surface area contributed by atoms with E-state index in [0.29, 0.717) is 17.7 Å². The van der Waals surface area contributed by atoms with Crippen molar-refractivity contribution in [3.63, 3.8) is 0 Å². The number of pyridine rings is 1. The minimum Gasteiger partial charge on any atom is -0.497 e. The van der Waals surface area contributed by atoms with Gasteiger partial charge in [0.2, 0.25) is 0 Å². The highest BCUT2D eigenvalue weighted by atomic mass is 16.5. The fourth-order valence-corrected chi connectivity index (χ4v) is 3.98. The zero-order valence-corrected chi connectivity index (χ0v) is 18.1. The molecule has 1 aromatic heterocycles. The minimum absolute atomic E-state index is 0.0850. The van der Waals surface area contributed by atoms with E-state index >= 15 is 0 Å². The molecule has 4 rings (SSSR count). The Hall–Kier alpha value is -4.20. The normalized spacial score (nSPS) is 14.8. The predicted molar refractivity (Wildman–Crippen MR) is 121 cm³/mol. The molecule has 0 spiro atoms. The largest absolute Gasteiger partial charge is 0.497 e. The first-order valence-electron chi connectivity index (χ1n) is 10.3. The summed E-state index contributed by atoms with van der Waals surface area (Å²) in [6.07, 6.45) is 0.729. The Kier molecular flexibility index (Phi) is 6.08. The van der Waals surface area contributed by atoms with E-state index in [1.165, 1.54) is 25.3 Å². The first-order valence-corrected chi connectivity index (χ1v) is 10.3. The summed E-state index contributed by atoms with van der Waals surface area (Å²) in [5.74, 6) is -0.861. The lowest BCUT2D eigenvalue weighted by atomic mass is 9.81. The fraction of sp³-hybridized carbons (Fsp3) is 0.200. The number of benzene rings is 2. The molecule has 1 atom stereocenters. The number of methoxy groups -OCH3 is 2. The van der Waals surface area contributed by atoms with Crippen molar-refractivity contribution in [3.8, 4) is 5.75 Å². The van der Waals surface area contributed by atoms with Gasteiger partial charge in [-0.25, -0.2) is 4.79 Å². The summed E-state index contributed by atoms with van der Waals surface area (Å²) in [6.45, 7) is 0. The Morgan fingerprint density at radius 2 is 1.70 bits per heavy atom. The van der Waals surface area contributed by atoms with Crippen molar-refractivity contribution in [1.82, 2.24) is 4.98 Å². The number of esters is 1. The van der Waals surface area contributed by atoms with Crippen LogP contribution in [0.3, 0.4) is 0 Å². The number of carbonyl (C=O) groups excluding carboxylic acids is 3. The van der Waals surface area contributed by atoms with Gasteiger partial charge >= 0.3 is 5.97 Å². The summed E-state index contributed by atoms with van der Waals surface area (Å²) in [6, 6.07) is 15.1. The average molecular weight is 446 g/mol. The highest BCUT2D eigenvalue weighted by Crippen LogP contribution is 2.32. The van der Waals surface area contributed by atoms with E-state index in [9.17, 15) is 19.2 Å². The van der Waals surface area contributed by atoms with Crippen LogP contribution in [0.5, 0.6) is 5.75 Å². The van der Waals surface area contributed by atoms with E-state index in [4.69, 9.17) is 9.47 Å². The van der Waals surface area contributed by atoms with Crippen molar-refractivity contribution in [2.75, 3.05) is 19.5 Å². The number of amides is 1. The van der Waals surface area contributed by atoms with E-state index in [1.807, 2.05) is 24.3 Å². The maximum atomic E-state index is 12.9. The molecule has 8 heteroatoms. The molecule has 0 saturated heterocycles. The Bertz CT molecular complexity index is 1290. The first kappa shape index (κ1) is 22.0. The second-order valence-corrected chi connectivity index (χ2v) is 7.70. The van der Waals surface area contributed by atoms with Crippen molar-refractivity contribution < 1.29 is 23.9 Å². The third-order valence-electron chi connectivity index (χ3n) is 5.72. The summed E-state index contributed by atoms with van der Waals surface area (Å²) >= 11 is 0. The molecule has 8 nitrogen and oxygen atoms in total. The number of para-hydroxylation sites is 1. The van der Waals surface area contributed by atoms with Crippen molar-refractivity contribution in [2.45, 2.75) is 18.8 Å². The zero-order chi connectivity index (χ0) is 23.5. The maximum Gasteiger partial charge on any atom is 0.339 e. The van der Waals surface area contributed by atoms with Gasteiger partial charge in [0.05, 0.1) is 25.5 Å². The number of hydrogen-bond donors (Lipinski definition) is 2. The van der Waals surface area contributed by atoms with Gasteiger partial charge in [-0.05, 0) is 48.2 Å². The number of carbonyl (C=O) groups is 3. The lowest BCUT2D eigenvalue weighted by molar-refractivity contribution is 0.0601. The summed E-state index contributed by atoms with van der Waals surface area (Å²) < 4.78 is 9.90. The Morgan fingerprint density at radius 1 is 0.970 bits per heavy atom. The van der Waals surface area contributed by atoms with E-state index in [-0.39, 0.29) is 34.9 Å². The highest BCUT2D eigenvalue weighted by Gasteiger charge is 2.29. The number of Topliss-reactive ketones (excluding diaryl/α,β-unsaturated/α-hetero) is 1. The molecular formula is C25H22N2O6. The molecule has 33 heavy (non-hydrogen) atoms. The molecular weight excluding hydrogens is 424 g/mol. The molecule has 0 unspecified atom stereocenters. The lowest BCUT2D eigenvalue weighted by Gasteiger charge is -2.24. The van der Waals surface area contributed by atoms with Crippen LogP contribution < -0.4 is 15.6 Å². The number of H-pyrrole nitrogens is 1. The molecule has 168 valence electrons. The van der Waals surface area contributed by atoms with Crippen molar-refractivity contribution >= 4 is 23.3 Å². The van der Waals surface area contributed by atoms with Crippen LogP contribution in [-0.4, -0.2) is 36.9 Å². The third-order valence-corrected chi connectivity index (χ3v) is 5.72. The SMILES string of the molecule is COC(=O)c1ccccc1NC(=O)c1cc2c([nH]c1=O)C[C@@H](c1ccc(OC)cc1)CC2=O. The topological polar surface area (TPSA) is 115 Å². The number of anilines is 1. The predicted octanol–water partition coefficient (Wildman–Crippen LogP) is 3.34. The van der Waals surface area contributed by atoms with Crippen molar-refractivity contribution in [3.05, 3.63) is 92.9 Å². The second kappa shape index (κ2) is 9.12. The van der Waals surface area contributed by atoms with Crippen molar-refractivity contribution in [2.24, 2.45) is 0 Å². The molecule has 2 aromatic carbocycles. The van der Waals surface area contributed by atoms with Crippen LogP contribution >= 0.6 is 0 Å². The van der Waals surface area contributed by atoms with Gasteiger partial charge in [0.1, 0.15) is 11.3 Å². The number of aromatic nitrogens is 1. The van der Waals surface area contributed by atoms with Gasteiger partial charge in [0, 0.05) is 17.7 Å². The first-order chi connectivity index (χ1) is 15.9. The number of rotatable bonds is 5. The number of aromatic amines is 1. The standard InChI is InChI=1S/C25H22N2O6/c1-32-16-9-7-14(8-10-16)15-11-21-18(22(28)12-15)13-19(24(30)27-21)23(29)26-20-6-4-3-5-17(20)25(31)33-2/h3-10,13,15H,11-12H2,1-2H3,(H,26,29)(H,27,30)/t15-/m1/s1. The number of ketones is 1. The van der Waals surface area contributed by atoms with E-state index < -0.39 is 17.4 Å². The summed E-state index contributed by atoms with van der Waals surface area (Å²) in [5.41, 5.74) is 1.35. The quantitative estimate of drug-likeness (QED) is 0.581. The Balaban J connectivity index is 1.61. The summed E-state index contributed by atoms with van der Waals surface area (Å²) in [5, 5.41) is 2.57. The van der Waals surface area contributed by atoms with Gasteiger partial charge in [0.15, 0.2) is 5.78 Å². The molecule has 2 N–H and O–H groups in total. The molecule has 0 fully saturated rings. The Labute approximate surface area is 189 Å². The third kappa shape index (κ3) is 4.41. The van der Waals surface area contributed by atoms with Crippen LogP contribution in [0.1, 0.15) is 54.7 Å². The molecule has 0 aliphatic heterocycles. The van der Waals surface area contributed by atoms with Gasteiger partial charge in [-0.1, -0.05) is 24.3 Å². The molecule has 0 saturated carbocycles. The van der Waals surface area contributed by atoms with Crippen LogP contribution in [0, 0.1) is 0 Å². The smallest absolute Gasteiger partial charge is 0.339 e. The maximum absolute atomic E-state index is 12.9. The van der Waals surface area contributed by atoms with Gasteiger partial charge in [-0.15, -0.1) is 0 Å². The van der Waals surface area contributed by atoms with Crippen LogP contribution in [0.4, 0.5) is 5.69 Å². The van der Waals surface area contributed by atoms with Crippen LogP contribution in [0.2, 0.25) is 0 Å². The number of nitrogens with one attached hydrogen (secondary N) is 2. The van der Waals surface area contributed by atoms with Gasteiger partial charge in [0.25, 0.3) is 11.5 Å². The molecule has 1 amide bonds. The van der Waals surface area contributed by atoms with Gasteiger partial charge in [-0.2, -0.15) is 0 Å². The summed E-state index contributed by atoms with van der Waals surface area (Å²) in [7, 11) is 2.82. The van der Waals surface area contributed by atoms with E-state index in [1.54, 1.807) is 19.2 Å². The van der Waals surface area contributed by atoms with E-state index in [2.05, 4.69) is 10.3 Å². The summed E-state index contributed by atoms with van der Waals surface area (Å²) in [4.78, 5) is 53.1. The number of hydrogen-bond acceptors (Lipinski definition) is 6. The monoisotopic (exact) mass is 446 g/mol. The number of ether oxygens (including phenoxy) is 2. The second-order valence-electron chi connectivity index (χ2n) is 7.70. The highest BCUT2D eigenvalue weighted by molar-refractivity contribution is 6.09. The van der Waals surface area contributed by atoms with Gasteiger partial charge in [-0.3, -0.25) is 14.4 Å². The molecule has 0 radical (unpaired) electrons. The van der Waals surface area contributed by atoms with Crippen LogP contribution in [0.15, 0.2) is 59.4 Å². The van der Waals surface area contributed by atoms with Crippen LogP contribution in [-0.2, 0) is 11.2 Å². The lowest BCUT2D eigenvalue weighted by Crippen LogP contribution is -2.29. The molecule has 3 aromatic rings.